The number of nitrogens with zero attached hydrogens (tertiary/aromatic N) is 2. The molecule has 2 heterocycles. The zero-order valence-electron chi connectivity index (χ0n) is 11.1. The maximum absolute atomic E-state index is 11.5. The van der Waals surface area contributed by atoms with Gasteiger partial charge in [0.15, 0.2) is 0 Å². The third-order valence-corrected chi connectivity index (χ3v) is 4.69. The van der Waals surface area contributed by atoms with Crippen molar-refractivity contribution in [2.45, 2.75) is 32.7 Å². The molecule has 0 unspecified atom stereocenters. The zero-order chi connectivity index (χ0) is 12.6. The molecule has 98 valence electrons. The fourth-order valence-electron chi connectivity index (χ4n) is 3.31. The van der Waals surface area contributed by atoms with Gasteiger partial charge in [-0.2, -0.15) is 0 Å². The Morgan fingerprint density at radius 1 is 1.35 bits per heavy atom. The van der Waals surface area contributed by atoms with Crippen molar-refractivity contribution in [2.24, 2.45) is 11.3 Å². The second-order valence-corrected chi connectivity index (χ2v) is 6.08. The van der Waals surface area contributed by atoms with Crippen LogP contribution >= 0.6 is 0 Å². The molecule has 4 nitrogen and oxygen atoms in total. The molecule has 2 rings (SSSR count). The number of carbonyl (C=O) groups is 1. The first kappa shape index (κ1) is 12.8. The lowest BCUT2D eigenvalue weighted by atomic mass is 9.71. The van der Waals surface area contributed by atoms with Gasteiger partial charge in [0.25, 0.3) is 0 Å². The van der Waals surface area contributed by atoms with Crippen LogP contribution < -0.4 is 0 Å². The van der Waals surface area contributed by atoms with Crippen molar-refractivity contribution in [2.75, 3.05) is 33.2 Å². The van der Waals surface area contributed by atoms with E-state index in [1.54, 1.807) is 0 Å². The largest absolute Gasteiger partial charge is 0.481 e. The molecular formula is C13H24N2O2. The SMILES string of the molecule is CC(C)N1C[C@@H](C(=O)O)C2(CCN(C)CC2)C1. The Morgan fingerprint density at radius 2 is 1.94 bits per heavy atom. The number of hydrogen-bond donors (Lipinski definition) is 1. The summed E-state index contributed by atoms with van der Waals surface area (Å²) >= 11 is 0. The van der Waals surface area contributed by atoms with Crippen LogP contribution in [0, 0.1) is 11.3 Å². The number of carboxylic acid groups (broad SMARTS) is 1. The molecule has 0 aromatic carbocycles. The summed E-state index contributed by atoms with van der Waals surface area (Å²) in [6, 6.07) is 0.455. The highest BCUT2D eigenvalue weighted by Gasteiger charge is 2.51. The van der Waals surface area contributed by atoms with Crippen LogP contribution in [0.15, 0.2) is 0 Å². The van der Waals surface area contributed by atoms with Gasteiger partial charge < -0.3 is 10.0 Å². The third kappa shape index (κ3) is 2.33. The van der Waals surface area contributed by atoms with Crippen molar-refractivity contribution < 1.29 is 9.90 Å². The standard InChI is InChI=1S/C13H24N2O2/c1-10(2)15-8-11(12(16)17)13(9-15)4-6-14(3)7-5-13/h10-11H,4-9H2,1-3H3,(H,16,17)/t11-/m0/s1. The molecule has 2 aliphatic heterocycles. The van der Waals surface area contributed by atoms with E-state index in [4.69, 9.17) is 0 Å². The molecule has 1 atom stereocenters. The van der Waals surface area contributed by atoms with Crippen molar-refractivity contribution >= 4 is 5.97 Å². The molecule has 2 saturated heterocycles. The van der Waals surface area contributed by atoms with Crippen LogP contribution in [-0.2, 0) is 4.79 Å². The Hall–Kier alpha value is -0.610. The molecule has 0 aliphatic carbocycles. The van der Waals surface area contributed by atoms with Crippen LogP contribution in [-0.4, -0.2) is 60.1 Å². The minimum absolute atomic E-state index is 0.0304. The number of aliphatic carboxylic acids is 1. The van der Waals surface area contributed by atoms with E-state index in [0.29, 0.717) is 6.04 Å². The van der Waals surface area contributed by atoms with Gasteiger partial charge in [0.2, 0.25) is 0 Å². The van der Waals surface area contributed by atoms with Crippen molar-refractivity contribution in [1.29, 1.82) is 0 Å². The van der Waals surface area contributed by atoms with Gasteiger partial charge in [0.05, 0.1) is 5.92 Å². The minimum Gasteiger partial charge on any atom is -0.481 e. The van der Waals surface area contributed by atoms with Crippen LogP contribution in [0.1, 0.15) is 26.7 Å². The van der Waals surface area contributed by atoms with E-state index < -0.39 is 5.97 Å². The van der Waals surface area contributed by atoms with Gasteiger partial charge in [0.1, 0.15) is 0 Å². The Labute approximate surface area is 104 Å². The summed E-state index contributed by atoms with van der Waals surface area (Å²) in [4.78, 5) is 16.1. The van der Waals surface area contributed by atoms with E-state index >= 15 is 0 Å². The van der Waals surface area contributed by atoms with E-state index in [1.165, 1.54) is 0 Å². The second-order valence-electron chi connectivity index (χ2n) is 6.08. The highest BCUT2D eigenvalue weighted by Crippen LogP contribution is 2.45. The van der Waals surface area contributed by atoms with Crippen LogP contribution in [0.3, 0.4) is 0 Å². The normalized spacial score (nSPS) is 30.2. The monoisotopic (exact) mass is 240 g/mol. The molecule has 2 fully saturated rings. The number of carboxylic acids is 1. The maximum atomic E-state index is 11.5. The molecule has 0 aromatic heterocycles. The highest BCUT2D eigenvalue weighted by atomic mass is 16.4. The summed E-state index contributed by atoms with van der Waals surface area (Å²) < 4.78 is 0. The summed E-state index contributed by atoms with van der Waals surface area (Å²) in [6.07, 6.45) is 2.06. The molecular weight excluding hydrogens is 216 g/mol. The van der Waals surface area contributed by atoms with Crippen molar-refractivity contribution in [3.63, 3.8) is 0 Å². The third-order valence-electron chi connectivity index (χ3n) is 4.69. The maximum Gasteiger partial charge on any atom is 0.308 e. The van der Waals surface area contributed by atoms with Crippen LogP contribution in [0.5, 0.6) is 0 Å². The zero-order valence-corrected chi connectivity index (χ0v) is 11.1. The van der Waals surface area contributed by atoms with Gasteiger partial charge in [-0.25, -0.2) is 0 Å². The lowest BCUT2D eigenvalue weighted by molar-refractivity contribution is -0.145. The predicted octanol–water partition coefficient (Wildman–Crippen LogP) is 1.12. The van der Waals surface area contributed by atoms with Crippen molar-refractivity contribution in [1.82, 2.24) is 9.80 Å². The molecule has 0 aromatic rings. The fourth-order valence-corrected chi connectivity index (χ4v) is 3.31. The summed E-state index contributed by atoms with van der Waals surface area (Å²) in [7, 11) is 2.12. The van der Waals surface area contributed by atoms with Crippen LogP contribution in [0.4, 0.5) is 0 Å². The van der Waals surface area contributed by atoms with Gasteiger partial charge in [-0.15, -0.1) is 0 Å². The summed E-state index contributed by atoms with van der Waals surface area (Å²) in [5, 5.41) is 9.46. The van der Waals surface area contributed by atoms with Gasteiger partial charge in [-0.3, -0.25) is 9.69 Å². The van der Waals surface area contributed by atoms with Gasteiger partial charge >= 0.3 is 5.97 Å². The van der Waals surface area contributed by atoms with Crippen molar-refractivity contribution in [3.05, 3.63) is 0 Å². The number of rotatable bonds is 2. The summed E-state index contributed by atoms with van der Waals surface area (Å²) in [5.74, 6) is -0.767. The molecule has 2 aliphatic rings. The molecule has 4 heteroatoms. The number of piperidine rings is 1. The van der Waals surface area contributed by atoms with E-state index in [2.05, 4.69) is 30.7 Å². The van der Waals surface area contributed by atoms with E-state index in [1.807, 2.05) is 0 Å². The van der Waals surface area contributed by atoms with Crippen LogP contribution in [0.2, 0.25) is 0 Å². The summed E-state index contributed by atoms with van der Waals surface area (Å²) in [6.45, 7) is 8.09. The van der Waals surface area contributed by atoms with E-state index in [0.717, 1.165) is 39.0 Å². The number of hydrogen-bond acceptors (Lipinski definition) is 3. The van der Waals surface area contributed by atoms with Gasteiger partial charge in [-0.05, 0) is 46.8 Å². The Balaban J connectivity index is 2.16. The van der Waals surface area contributed by atoms with E-state index in [-0.39, 0.29) is 11.3 Å². The molecule has 17 heavy (non-hydrogen) atoms. The minimum atomic E-state index is -0.599. The first-order valence-corrected chi connectivity index (χ1v) is 6.60. The lowest BCUT2D eigenvalue weighted by Crippen LogP contribution is -2.45. The fraction of sp³-hybridized carbons (Fsp3) is 0.923. The van der Waals surface area contributed by atoms with Gasteiger partial charge in [-0.1, -0.05) is 0 Å². The Morgan fingerprint density at radius 3 is 2.41 bits per heavy atom. The van der Waals surface area contributed by atoms with E-state index in [9.17, 15) is 9.90 Å². The highest BCUT2D eigenvalue weighted by molar-refractivity contribution is 5.72. The smallest absolute Gasteiger partial charge is 0.308 e. The first-order valence-electron chi connectivity index (χ1n) is 6.60. The Bertz CT molecular complexity index is 296. The summed E-state index contributed by atoms with van der Waals surface area (Å²) in [5.41, 5.74) is 0.0304. The quantitative estimate of drug-likeness (QED) is 0.785. The molecule has 1 N–H and O–H groups in total. The predicted molar refractivity (Wildman–Crippen MR) is 67.0 cm³/mol. The molecule has 0 saturated carbocycles. The van der Waals surface area contributed by atoms with Crippen molar-refractivity contribution in [3.8, 4) is 0 Å². The molecule has 0 radical (unpaired) electrons. The molecule has 1 spiro atoms. The molecule has 0 amide bonds. The lowest BCUT2D eigenvalue weighted by Gasteiger charge is -2.40. The average Bonchev–Trinajstić information content (AvgIpc) is 2.63. The molecule has 0 bridgehead atoms. The Kier molecular flexibility index (Phi) is 3.46. The second kappa shape index (κ2) is 4.58. The number of likely N-dealkylation sites (tertiary alicyclic amines) is 2. The average molecular weight is 240 g/mol. The van der Waals surface area contributed by atoms with Crippen LogP contribution in [0.25, 0.3) is 0 Å². The topological polar surface area (TPSA) is 43.8 Å². The van der Waals surface area contributed by atoms with Gasteiger partial charge in [0, 0.05) is 24.5 Å². The first-order chi connectivity index (χ1) is 7.94.